The van der Waals surface area contributed by atoms with E-state index in [0.29, 0.717) is 39.1 Å². The molecule has 6 heteroatoms. The molecule has 0 N–H and O–H groups in total. The maximum atomic E-state index is 12.9. The van der Waals surface area contributed by atoms with E-state index in [-0.39, 0.29) is 17.7 Å². The number of carbonyl (C=O) groups is 2. The van der Waals surface area contributed by atoms with E-state index in [0.717, 1.165) is 17.8 Å². The van der Waals surface area contributed by atoms with Gasteiger partial charge >= 0.3 is 0 Å². The standard InChI is InChI=1S/C21H24N4O2/c1-2-8-23-14-17(12-20(23)26)21(27)24-9-10-25-19(15-24)13-18(22-25)11-16-6-4-3-5-7-16/h2-7,13,17H,1,8-12,14-15H2/t17-/m1/s1. The van der Waals surface area contributed by atoms with Crippen molar-refractivity contribution in [1.82, 2.24) is 19.6 Å². The summed E-state index contributed by atoms with van der Waals surface area (Å²) >= 11 is 0. The second-order valence-corrected chi connectivity index (χ2v) is 7.26. The summed E-state index contributed by atoms with van der Waals surface area (Å²) in [6.45, 7) is 6.59. The van der Waals surface area contributed by atoms with Gasteiger partial charge in [-0.2, -0.15) is 5.10 Å². The van der Waals surface area contributed by atoms with Crippen LogP contribution < -0.4 is 0 Å². The van der Waals surface area contributed by atoms with E-state index >= 15 is 0 Å². The molecule has 0 radical (unpaired) electrons. The maximum Gasteiger partial charge on any atom is 0.228 e. The molecule has 1 aromatic carbocycles. The molecule has 1 fully saturated rings. The average molecular weight is 364 g/mol. The molecular formula is C21H24N4O2. The first-order valence-electron chi connectivity index (χ1n) is 9.41. The summed E-state index contributed by atoms with van der Waals surface area (Å²) in [5, 5.41) is 4.69. The van der Waals surface area contributed by atoms with Gasteiger partial charge in [0.1, 0.15) is 0 Å². The van der Waals surface area contributed by atoms with E-state index < -0.39 is 0 Å². The van der Waals surface area contributed by atoms with Crippen LogP contribution in [0.3, 0.4) is 0 Å². The van der Waals surface area contributed by atoms with E-state index in [1.54, 1.807) is 11.0 Å². The van der Waals surface area contributed by atoms with Crippen LogP contribution in [-0.2, 0) is 29.1 Å². The zero-order valence-electron chi connectivity index (χ0n) is 15.4. The summed E-state index contributed by atoms with van der Waals surface area (Å²) in [4.78, 5) is 28.5. The van der Waals surface area contributed by atoms with Crippen LogP contribution in [0.25, 0.3) is 0 Å². The van der Waals surface area contributed by atoms with Gasteiger partial charge in [-0.3, -0.25) is 14.3 Å². The Balaban J connectivity index is 1.42. The molecule has 0 saturated carbocycles. The number of hydrogen-bond acceptors (Lipinski definition) is 3. The van der Waals surface area contributed by atoms with Gasteiger partial charge in [-0.15, -0.1) is 6.58 Å². The molecule has 1 aromatic heterocycles. The molecule has 2 aliphatic rings. The van der Waals surface area contributed by atoms with E-state index in [4.69, 9.17) is 5.10 Å². The Kier molecular flexibility index (Phi) is 4.79. The van der Waals surface area contributed by atoms with E-state index in [9.17, 15) is 9.59 Å². The van der Waals surface area contributed by atoms with Gasteiger partial charge in [-0.05, 0) is 11.6 Å². The smallest absolute Gasteiger partial charge is 0.228 e. The molecule has 0 unspecified atom stereocenters. The van der Waals surface area contributed by atoms with Crippen LogP contribution in [0, 0.1) is 5.92 Å². The maximum absolute atomic E-state index is 12.9. The van der Waals surface area contributed by atoms with Gasteiger partial charge < -0.3 is 9.80 Å². The quantitative estimate of drug-likeness (QED) is 0.761. The first-order valence-corrected chi connectivity index (χ1v) is 9.41. The van der Waals surface area contributed by atoms with Gasteiger partial charge in [0.2, 0.25) is 11.8 Å². The highest BCUT2D eigenvalue weighted by Gasteiger charge is 2.37. The number of amides is 2. The lowest BCUT2D eigenvalue weighted by atomic mass is 10.1. The number of aromatic nitrogens is 2. The second-order valence-electron chi connectivity index (χ2n) is 7.26. The Bertz CT molecular complexity index is 858. The fourth-order valence-electron chi connectivity index (χ4n) is 3.93. The lowest BCUT2D eigenvalue weighted by molar-refractivity contribution is -0.137. The molecule has 3 heterocycles. The van der Waals surface area contributed by atoms with E-state index in [1.807, 2.05) is 27.8 Å². The minimum absolute atomic E-state index is 0.0421. The number of nitrogens with zero attached hydrogens (tertiary/aromatic N) is 4. The number of carbonyl (C=O) groups excluding carboxylic acids is 2. The van der Waals surface area contributed by atoms with Gasteiger partial charge in [0.25, 0.3) is 0 Å². The Morgan fingerprint density at radius 3 is 2.85 bits per heavy atom. The van der Waals surface area contributed by atoms with Crippen molar-refractivity contribution in [2.75, 3.05) is 19.6 Å². The summed E-state index contributed by atoms with van der Waals surface area (Å²) < 4.78 is 2.01. The van der Waals surface area contributed by atoms with Crippen molar-refractivity contribution in [2.24, 2.45) is 5.92 Å². The highest BCUT2D eigenvalue weighted by molar-refractivity contribution is 5.89. The van der Waals surface area contributed by atoms with Crippen molar-refractivity contribution in [3.05, 3.63) is 66.0 Å². The summed E-state index contributed by atoms with van der Waals surface area (Å²) in [6.07, 6.45) is 2.81. The normalized spacial score (nSPS) is 19.3. The van der Waals surface area contributed by atoms with Crippen molar-refractivity contribution in [2.45, 2.75) is 25.9 Å². The number of rotatable bonds is 5. The molecule has 1 saturated heterocycles. The zero-order chi connectivity index (χ0) is 18.8. The molecule has 0 bridgehead atoms. The predicted octanol–water partition coefficient (Wildman–Crippen LogP) is 1.85. The molecular weight excluding hydrogens is 340 g/mol. The third-order valence-electron chi connectivity index (χ3n) is 5.30. The fourth-order valence-corrected chi connectivity index (χ4v) is 3.93. The first kappa shape index (κ1) is 17.5. The van der Waals surface area contributed by atoms with Crippen LogP contribution in [-0.4, -0.2) is 51.0 Å². The fraction of sp³-hybridized carbons (Fsp3) is 0.381. The molecule has 2 aromatic rings. The largest absolute Gasteiger partial charge is 0.338 e. The second kappa shape index (κ2) is 7.39. The van der Waals surface area contributed by atoms with Crippen LogP contribution in [0.5, 0.6) is 0 Å². The lowest BCUT2D eigenvalue weighted by Gasteiger charge is -2.29. The third-order valence-corrected chi connectivity index (χ3v) is 5.30. The number of likely N-dealkylation sites (tertiary alicyclic amines) is 1. The van der Waals surface area contributed by atoms with Gasteiger partial charge in [-0.25, -0.2) is 0 Å². The molecule has 140 valence electrons. The zero-order valence-corrected chi connectivity index (χ0v) is 15.4. The van der Waals surface area contributed by atoms with Crippen molar-refractivity contribution < 1.29 is 9.59 Å². The number of benzene rings is 1. The molecule has 4 rings (SSSR count). The van der Waals surface area contributed by atoms with Gasteiger partial charge in [0, 0.05) is 32.5 Å². The highest BCUT2D eigenvalue weighted by Crippen LogP contribution is 2.23. The molecule has 0 aliphatic carbocycles. The van der Waals surface area contributed by atoms with E-state index in [2.05, 4.69) is 24.8 Å². The molecule has 6 nitrogen and oxygen atoms in total. The van der Waals surface area contributed by atoms with Crippen molar-refractivity contribution >= 4 is 11.8 Å². The topological polar surface area (TPSA) is 58.4 Å². The van der Waals surface area contributed by atoms with Crippen LogP contribution in [0.1, 0.15) is 23.4 Å². The Morgan fingerprint density at radius 1 is 1.26 bits per heavy atom. The summed E-state index contributed by atoms with van der Waals surface area (Å²) in [5.74, 6) is -0.122. The Morgan fingerprint density at radius 2 is 2.07 bits per heavy atom. The minimum atomic E-state index is -0.240. The molecule has 27 heavy (non-hydrogen) atoms. The average Bonchev–Trinajstić information content (AvgIpc) is 3.24. The Hall–Kier alpha value is -2.89. The van der Waals surface area contributed by atoms with Crippen molar-refractivity contribution in [3.8, 4) is 0 Å². The van der Waals surface area contributed by atoms with Gasteiger partial charge in [0.15, 0.2) is 0 Å². The summed E-state index contributed by atoms with van der Waals surface area (Å²) in [6, 6.07) is 12.4. The van der Waals surface area contributed by atoms with Gasteiger partial charge in [0.05, 0.1) is 30.4 Å². The SMILES string of the molecule is C=CCN1C[C@H](C(=O)N2CCn3nc(Cc4ccccc4)cc3C2)CC1=O. The lowest BCUT2D eigenvalue weighted by Crippen LogP contribution is -2.42. The molecule has 0 spiro atoms. The van der Waals surface area contributed by atoms with Crippen molar-refractivity contribution in [1.29, 1.82) is 0 Å². The number of hydrogen-bond donors (Lipinski definition) is 0. The Labute approximate surface area is 159 Å². The van der Waals surface area contributed by atoms with Gasteiger partial charge in [-0.1, -0.05) is 36.4 Å². The van der Waals surface area contributed by atoms with Crippen LogP contribution >= 0.6 is 0 Å². The van der Waals surface area contributed by atoms with Crippen molar-refractivity contribution in [3.63, 3.8) is 0 Å². The van der Waals surface area contributed by atoms with Crippen LogP contribution in [0.4, 0.5) is 0 Å². The summed E-state index contributed by atoms with van der Waals surface area (Å²) in [7, 11) is 0. The molecule has 1 atom stereocenters. The third kappa shape index (κ3) is 3.65. The predicted molar refractivity (Wildman–Crippen MR) is 102 cm³/mol. The van der Waals surface area contributed by atoms with Crippen LogP contribution in [0.2, 0.25) is 0 Å². The molecule has 2 aliphatic heterocycles. The van der Waals surface area contributed by atoms with E-state index in [1.165, 1.54) is 5.56 Å². The first-order chi connectivity index (χ1) is 13.1. The highest BCUT2D eigenvalue weighted by atomic mass is 16.2. The summed E-state index contributed by atoms with van der Waals surface area (Å²) in [5.41, 5.74) is 3.32. The monoisotopic (exact) mass is 364 g/mol. The minimum Gasteiger partial charge on any atom is -0.338 e. The number of fused-ring (bicyclic) bond motifs is 1. The van der Waals surface area contributed by atoms with Crippen LogP contribution in [0.15, 0.2) is 49.1 Å². The molecule has 2 amide bonds.